The van der Waals surface area contributed by atoms with Crippen LogP contribution in [0.5, 0.6) is 0 Å². The minimum absolute atomic E-state index is 0.00750. The maximum absolute atomic E-state index is 13.1. The Morgan fingerprint density at radius 2 is 2.23 bits per heavy atom. The van der Waals surface area contributed by atoms with Gasteiger partial charge in [0.1, 0.15) is 0 Å². The molecule has 1 aromatic rings. The zero-order valence-electron chi connectivity index (χ0n) is 7.06. The molecule has 1 aliphatic rings. The summed E-state index contributed by atoms with van der Waals surface area (Å²) in [7, 11) is 0. The van der Waals surface area contributed by atoms with E-state index < -0.39 is 11.9 Å². The molecule has 0 unspecified atom stereocenters. The number of nitrogens with one attached hydrogen (secondary N) is 1. The van der Waals surface area contributed by atoms with Crippen LogP contribution in [0, 0.1) is 11.9 Å². The minimum atomic E-state index is -0.765. The van der Waals surface area contributed by atoms with Crippen LogP contribution in [-0.4, -0.2) is 11.5 Å². The molecule has 0 aromatic carbocycles. The topological polar surface area (TPSA) is 24.9 Å². The lowest BCUT2D eigenvalue weighted by molar-refractivity contribution is 0.484. The van der Waals surface area contributed by atoms with Crippen molar-refractivity contribution in [2.45, 2.75) is 18.9 Å². The lowest BCUT2D eigenvalue weighted by Crippen LogP contribution is -2.15. The summed E-state index contributed by atoms with van der Waals surface area (Å²) in [5, 5.41) is 3.13. The van der Waals surface area contributed by atoms with E-state index in [-0.39, 0.29) is 6.04 Å². The van der Waals surface area contributed by atoms with Gasteiger partial charge in [-0.05, 0) is 31.5 Å². The molecule has 0 bridgehead atoms. The molecule has 0 radical (unpaired) electrons. The molecular formula is C9H10F2N2. The Kier molecular flexibility index (Phi) is 2.22. The van der Waals surface area contributed by atoms with Crippen molar-refractivity contribution in [1.82, 2.24) is 10.3 Å². The fraction of sp³-hybridized carbons (Fsp3) is 0.444. The Hall–Kier alpha value is -1.03. The lowest BCUT2D eigenvalue weighted by atomic mass is 10.1. The normalized spacial score (nSPS) is 22.2. The molecule has 1 saturated heterocycles. The zero-order chi connectivity index (χ0) is 9.26. The first kappa shape index (κ1) is 8.56. The average Bonchev–Trinajstić information content (AvgIpc) is 2.56. The zero-order valence-corrected chi connectivity index (χ0v) is 7.06. The smallest absolute Gasteiger partial charge is 0.220 e. The van der Waals surface area contributed by atoms with E-state index in [4.69, 9.17) is 0 Å². The first-order valence-corrected chi connectivity index (χ1v) is 4.33. The fourth-order valence-corrected chi connectivity index (χ4v) is 1.63. The summed E-state index contributed by atoms with van der Waals surface area (Å²) in [4.78, 5) is 3.14. The van der Waals surface area contributed by atoms with Gasteiger partial charge in [0.25, 0.3) is 0 Å². The second kappa shape index (κ2) is 3.38. The van der Waals surface area contributed by atoms with Gasteiger partial charge >= 0.3 is 0 Å². The van der Waals surface area contributed by atoms with E-state index >= 15 is 0 Å². The van der Waals surface area contributed by atoms with Crippen LogP contribution >= 0.6 is 0 Å². The Morgan fingerprint density at radius 1 is 1.38 bits per heavy atom. The van der Waals surface area contributed by atoms with Crippen molar-refractivity contribution in [3.8, 4) is 0 Å². The highest BCUT2D eigenvalue weighted by atomic mass is 19.1. The largest absolute Gasteiger partial charge is 0.310 e. The van der Waals surface area contributed by atoms with Crippen LogP contribution < -0.4 is 5.32 Å². The van der Waals surface area contributed by atoms with Gasteiger partial charge in [-0.15, -0.1) is 0 Å². The van der Waals surface area contributed by atoms with E-state index in [1.165, 1.54) is 12.1 Å². The molecule has 0 spiro atoms. The van der Waals surface area contributed by atoms with Gasteiger partial charge in [0, 0.05) is 11.6 Å². The molecule has 1 N–H and O–H groups in total. The highest BCUT2D eigenvalue weighted by Gasteiger charge is 2.20. The molecule has 1 aliphatic heterocycles. The second-order valence-corrected chi connectivity index (χ2v) is 3.16. The number of nitrogens with zero attached hydrogens (tertiary/aromatic N) is 1. The van der Waals surface area contributed by atoms with Crippen LogP contribution in [0.2, 0.25) is 0 Å². The van der Waals surface area contributed by atoms with Gasteiger partial charge in [0.15, 0.2) is 0 Å². The van der Waals surface area contributed by atoms with E-state index in [0.717, 1.165) is 19.4 Å². The van der Waals surface area contributed by atoms with Crippen LogP contribution in [0.15, 0.2) is 12.1 Å². The van der Waals surface area contributed by atoms with E-state index in [2.05, 4.69) is 10.3 Å². The quantitative estimate of drug-likeness (QED) is 0.673. The van der Waals surface area contributed by atoms with Gasteiger partial charge in [0.05, 0.1) is 0 Å². The summed E-state index contributed by atoms with van der Waals surface area (Å²) >= 11 is 0. The van der Waals surface area contributed by atoms with Gasteiger partial charge < -0.3 is 5.32 Å². The molecule has 70 valence electrons. The summed E-state index contributed by atoms with van der Waals surface area (Å²) in [6.07, 6.45) is 1.92. The van der Waals surface area contributed by atoms with Crippen molar-refractivity contribution in [3.63, 3.8) is 0 Å². The van der Waals surface area contributed by atoms with Crippen molar-refractivity contribution >= 4 is 0 Å². The summed E-state index contributed by atoms with van der Waals surface area (Å²) in [6, 6.07) is 2.66. The number of hydrogen-bond acceptors (Lipinski definition) is 2. The Balaban J connectivity index is 2.29. The Labute approximate surface area is 75.0 Å². The van der Waals surface area contributed by atoms with Crippen molar-refractivity contribution in [3.05, 3.63) is 29.6 Å². The van der Waals surface area contributed by atoms with Crippen LogP contribution in [-0.2, 0) is 0 Å². The number of hydrogen-bond donors (Lipinski definition) is 1. The van der Waals surface area contributed by atoms with E-state index in [0.29, 0.717) is 5.56 Å². The molecule has 1 fully saturated rings. The van der Waals surface area contributed by atoms with Gasteiger partial charge in [-0.2, -0.15) is 13.8 Å². The number of aromatic nitrogens is 1. The third kappa shape index (κ3) is 1.67. The monoisotopic (exact) mass is 184 g/mol. The third-order valence-corrected chi connectivity index (χ3v) is 2.28. The van der Waals surface area contributed by atoms with Crippen molar-refractivity contribution in [1.29, 1.82) is 0 Å². The summed E-state index contributed by atoms with van der Waals surface area (Å²) in [6.45, 7) is 0.890. The predicted molar refractivity (Wildman–Crippen MR) is 44.1 cm³/mol. The maximum atomic E-state index is 13.1. The maximum Gasteiger partial charge on any atom is 0.220 e. The molecule has 2 rings (SSSR count). The van der Waals surface area contributed by atoms with Crippen molar-refractivity contribution in [2.24, 2.45) is 0 Å². The highest BCUT2D eigenvalue weighted by Crippen LogP contribution is 2.24. The summed E-state index contributed by atoms with van der Waals surface area (Å²) in [5.41, 5.74) is 0.471. The molecule has 0 saturated carbocycles. The lowest BCUT2D eigenvalue weighted by Gasteiger charge is -2.10. The molecule has 2 heterocycles. The van der Waals surface area contributed by atoms with Crippen LogP contribution in [0.3, 0.4) is 0 Å². The molecule has 13 heavy (non-hydrogen) atoms. The summed E-state index contributed by atoms with van der Waals surface area (Å²) in [5.74, 6) is -1.46. The predicted octanol–water partition coefficient (Wildman–Crippen LogP) is 1.78. The van der Waals surface area contributed by atoms with Crippen LogP contribution in [0.4, 0.5) is 8.78 Å². The third-order valence-electron chi connectivity index (χ3n) is 2.28. The van der Waals surface area contributed by atoms with E-state index in [1.54, 1.807) is 0 Å². The number of halogens is 2. The van der Waals surface area contributed by atoms with Crippen molar-refractivity contribution < 1.29 is 8.78 Å². The molecule has 1 aromatic heterocycles. The Bertz CT molecular complexity index is 308. The van der Waals surface area contributed by atoms with Gasteiger partial charge in [-0.3, -0.25) is 0 Å². The molecular weight excluding hydrogens is 174 g/mol. The van der Waals surface area contributed by atoms with Gasteiger partial charge in [-0.25, -0.2) is 0 Å². The number of rotatable bonds is 1. The SMILES string of the molecule is Fc1ccc([C@H]2CCCN2)c(F)n1. The average molecular weight is 184 g/mol. The second-order valence-electron chi connectivity index (χ2n) is 3.16. The highest BCUT2D eigenvalue weighted by molar-refractivity contribution is 5.17. The molecule has 1 atom stereocenters. The first-order valence-electron chi connectivity index (χ1n) is 4.33. The van der Waals surface area contributed by atoms with Gasteiger partial charge in [-0.1, -0.05) is 0 Å². The van der Waals surface area contributed by atoms with Crippen LogP contribution in [0.25, 0.3) is 0 Å². The first-order chi connectivity index (χ1) is 6.27. The molecule has 0 aliphatic carbocycles. The molecule has 2 nitrogen and oxygen atoms in total. The summed E-state index contributed by atoms with van der Waals surface area (Å²) < 4.78 is 25.6. The number of pyridine rings is 1. The Morgan fingerprint density at radius 3 is 2.85 bits per heavy atom. The standard InChI is InChI=1S/C9H10F2N2/c10-8-4-3-6(9(11)13-8)7-2-1-5-12-7/h3-4,7,12H,1-2,5H2/t7-/m1/s1. The van der Waals surface area contributed by atoms with Gasteiger partial charge in [0.2, 0.25) is 11.9 Å². The molecule has 4 heteroatoms. The molecule has 0 amide bonds. The fourth-order valence-electron chi connectivity index (χ4n) is 1.63. The van der Waals surface area contributed by atoms with E-state index in [1.807, 2.05) is 0 Å². The van der Waals surface area contributed by atoms with E-state index in [9.17, 15) is 8.78 Å². The van der Waals surface area contributed by atoms with Crippen LogP contribution in [0.1, 0.15) is 24.4 Å². The minimum Gasteiger partial charge on any atom is -0.310 e. The van der Waals surface area contributed by atoms with Crippen molar-refractivity contribution in [2.75, 3.05) is 6.54 Å².